The number of hydrogen-bond donors (Lipinski definition) is 1. The molecule has 5 heteroatoms. The molecule has 2 aliphatic heterocycles. The molecule has 3 aliphatic rings. The lowest BCUT2D eigenvalue weighted by atomic mass is 9.65. The Bertz CT molecular complexity index is 918. The van der Waals surface area contributed by atoms with Crippen LogP contribution in [0, 0.1) is 0 Å². The summed E-state index contributed by atoms with van der Waals surface area (Å²) < 4.78 is 13.3. The zero-order chi connectivity index (χ0) is 17.9. The van der Waals surface area contributed by atoms with Gasteiger partial charge in [-0.2, -0.15) is 0 Å². The maximum atomic E-state index is 6.69. The van der Waals surface area contributed by atoms with Gasteiger partial charge in [0.05, 0.1) is 6.10 Å². The second kappa shape index (κ2) is 5.57. The monoisotopic (exact) mass is 412 g/mol. The molecule has 1 atom stereocenters. The minimum Gasteiger partial charge on any atom is -0.484 e. The molecule has 4 nitrogen and oxygen atoms in total. The summed E-state index contributed by atoms with van der Waals surface area (Å²) in [5.74, 6) is 1.52. The van der Waals surface area contributed by atoms with Gasteiger partial charge in [-0.25, -0.2) is 4.99 Å². The molecule has 2 aromatic rings. The highest BCUT2D eigenvalue weighted by atomic mass is 79.9. The van der Waals surface area contributed by atoms with Crippen molar-refractivity contribution in [2.45, 2.75) is 42.9 Å². The van der Waals surface area contributed by atoms with Crippen LogP contribution in [0.1, 0.15) is 42.4 Å². The summed E-state index contributed by atoms with van der Waals surface area (Å²) in [6.45, 7) is 0. The third kappa shape index (κ3) is 1.96. The molecule has 0 amide bonds. The lowest BCUT2D eigenvalue weighted by Gasteiger charge is -2.45. The number of rotatable bonds is 1. The Balaban J connectivity index is 1.76. The van der Waals surface area contributed by atoms with Gasteiger partial charge in [0.25, 0.3) is 0 Å². The van der Waals surface area contributed by atoms with Crippen LogP contribution in [-0.2, 0) is 10.3 Å². The van der Waals surface area contributed by atoms with Crippen molar-refractivity contribution in [2.24, 2.45) is 10.7 Å². The van der Waals surface area contributed by atoms with Gasteiger partial charge in [0.15, 0.2) is 5.54 Å². The van der Waals surface area contributed by atoms with Crippen molar-refractivity contribution in [3.63, 3.8) is 0 Å². The molecule has 0 aromatic heterocycles. The van der Waals surface area contributed by atoms with Gasteiger partial charge >= 0.3 is 0 Å². The Morgan fingerprint density at radius 1 is 1.15 bits per heavy atom. The lowest BCUT2D eigenvalue weighted by molar-refractivity contribution is -0.0441. The molecule has 1 saturated carbocycles. The zero-order valence-electron chi connectivity index (χ0n) is 14.7. The van der Waals surface area contributed by atoms with E-state index in [1.165, 1.54) is 0 Å². The molecule has 5 rings (SSSR count). The first kappa shape index (κ1) is 16.3. The summed E-state index contributed by atoms with van der Waals surface area (Å²) in [5, 5.41) is 0. The van der Waals surface area contributed by atoms with Crippen molar-refractivity contribution >= 4 is 21.8 Å². The minimum absolute atomic E-state index is 0.287. The van der Waals surface area contributed by atoms with Crippen molar-refractivity contribution in [2.75, 3.05) is 7.11 Å². The summed E-state index contributed by atoms with van der Waals surface area (Å²) in [5.41, 5.74) is 8.70. The number of amidine groups is 1. The minimum atomic E-state index is -0.578. The summed E-state index contributed by atoms with van der Waals surface area (Å²) in [4.78, 5) is 5.11. The Hall–Kier alpha value is -1.85. The summed E-state index contributed by atoms with van der Waals surface area (Å²) in [6.07, 6.45) is 4.00. The molecule has 1 fully saturated rings. The molecular weight excluding hydrogens is 392 g/mol. The lowest BCUT2D eigenvalue weighted by Crippen LogP contribution is -2.53. The molecule has 1 aliphatic carbocycles. The molecule has 1 unspecified atom stereocenters. The van der Waals surface area contributed by atoms with Crippen LogP contribution < -0.4 is 10.5 Å². The van der Waals surface area contributed by atoms with E-state index in [2.05, 4.69) is 40.2 Å². The van der Waals surface area contributed by atoms with Crippen LogP contribution in [0.15, 0.2) is 51.9 Å². The average Bonchev–Trinajstić information content (AvgIpc) is 3.11. The SMILES string of the molecule is COC1CCC2(CC1)Oc1ccc(Br)cc1C21N=C(N)c2ccccc21. The number of hydrogen-bond acceptors (Lipinski definition) is 4. The smallest absolute Gasteiger partial charge is 0.157 e. The van der Waals surface area contributed by atoms with Crippen LogP contribution in [0.2, 0.25) is 0 Å². The predicted molar refractivity (Wildman–Crippen MR) is 105 cm³/mol. The van der Waals surface area contributed by atoms with Crippen LogP contribution >= 0.6 is 15.9 Å². The fourth-order valence-electron chi connectivity index (χ4n) is 5.04. The van der Waals surface area contributed by atoms with Gasteiger partial charge in [-0.3, -0.25) is 0 Å². The van der Waals surface area contributed by atoms with Crippen LogP contribution in [0.3, 0.4) is 0 Å². The van der Waals surface area contributed by atoms with Gasteiger partial charge in [-0.1, -0.05) is 40.2 Å². The van der Waals surface area contributed by atoms with Crippen LogP contribution in [-0.4, -0.2) is 24.7 Å². The van der Waals surface area contributed by atoms with Gasteiger partial charge in [0.1, 0.15) is 17.2 Å². The standard InChI is InChI=1S/C21H21BrN2O2/c1-25-14-8-10-20(11-9-14)21(17-12-13(22)6-7-18(17)26-20)16-5-3-2-4-15(16)19(23)24-21/h2-7,12,14H,8-11H2,1H3,(H2,23,24). The zero-order valence-corrected chi connectivity index (χ0v) is 16.3. The Morgan fingerprint density at radius 3 is 2.69 bits per heavy atom. The van der Waals surface area contributed by atoms with E-state index in [0.717, 1.165) is 52.6 Å². The number of halogens is 1. The second-order valence-electron chi connectivity index (χ2n) is 7.42. The summed E-state index contributed by atoms with van der Waals surface area (Å²) >= 11 is 3.63. The van der Waals surface area contributed by atoms with Gasteiger partial charge in [0.2, 0.25) is 0 Å². The third-order valence-corrected chi connectivity index (χ3v) is 6.74. The Morgan fingerprint density at radius 2 is 1.92 bits per heavy atom. The third-order valence-electron chi connectivity index (χ3n) is 6.25. The molecule has 2 spiro atoms. The first-order valence-corrected chi connectivity index (χ1v) is 9.86. The van der Waals surface area contributed by atoms with Crippen molar-refractivity contribution in [1.82, 2.24) is 0 Å². The number of ether oxygens (including phenoxy) is 2. The van der Waals surface area contributed by atoms with Crippen LogP contribution in [0.25, 0.3) is 0 Å². The molecular formula is C21H21BrN2O2. The fourth-order valence-corrected chi connectivity index (χ4v) is 5.40. The number of benzene rings is 2. The molecule has 0 saturated heterocycles. The number of methoxy groups -OCH3 is 1. The van der Waals surface area contributed by atoms with E-state index >= 15 is 0 Å². The highest BCUT2D eigenvalue weighted by Crippen LogP contribution is 2.61. The molecule has 2 N–H and O–H groups in total. The van der Waals surface area contributed by atoms with Gasteiger partial charge < -0.3 is 15.2 Å². The van der Waals surface area contributed by atoms with Gasteiger partial charge in [0, 0.05) is 22.7 Å². The van der Waals surface area contributed by atoms with E-state index in [9.17, 15) is 0 Å². The van der Waals surface area contributed by atoms with E-state index in [1.807, 2.05) is 18.2 Å². The van der Waals surface area contributed by atoms with Crippen molar-refractivity contribution < 1.29 is 9.47 Å². The largest absolute Gasteiger partial charge is 0.484 e. The highest BCUT2D eigenvalue weighted by molar-refractivity contribution is 9.10. The fraction of sp³-hybridized carbons (Fsp3) is 0.381. The van der Waals surface area contributed by atoms with E-state index in [1.54, 1.807) is 7.11 Å². The van der Waals surface area contributed by atoms with Gasteiger partial charge in [-0.15, -0.1) is 0 Å². The van der Waals surface area contributed by atoms with E-state index < -0.39 is 11.1 Å². The molecule has 0 bridgehead atoms. The molecule has 26 heavy (non-hydrogen) atoms. The van der Waals surface area contributed by atoms with Gasteiger partial charge in [-0.05, 0) is 49.4 Å². The number of nitrogens with two attached hydrogens (primary N) is 1. The van der Waals surface area contributed by atoms with E-state index in [4.69, 9.17) is 20.2 Å². The quantitative estimate of drug-likeness (QED) is 0.765. The maximum Gasteiger partial charge on any atom is 0.157 e. The van der Waals surface area contributed by atoms with Crippen molar-refractivity contribution in [3.05, 3.63) is 63.6 Å². The molecule has 2 aromatic carbocycles. The van der Waals surface area contributed by atoms with E-state index in [0.29, 0.717) is 5.84 Å². The van der Waals surface area contributed by atoms with Crippen molar-refractivity contribution in [1.29, 1.82) is 0 Å². The predicted octanol–water partition coefficient (Wildman–Crippen LogP) is 4.13. The Labute approximate surface area is 161 Å². The first-order valence-electron chi connectivity index (χ1n) is 9.07. The maximum absolute atomic E-state index is 6.69. The average molecular weight is 413 g/mol. The Kier molecular flexibility index (Phi) is 3.50. The number of fused-ring (bicyclic) bond motifs is 5. The number of aliphatic imine (C=N–C) groups is 1. The van der Waals surface area contributed by atoms with Crippen molar-refractivity contribution in [3.8, 4) is 5.75 Å². The molecule has 134 valence electrons. The summed E-state index contributed by atoms with van der Waals surface area (Å²) in [6, 6.07) is 14.5. The molecule has 2 heterocycles. The number of nitrogens with zero attached hydrogens (tertiary/aromatic N) is 1. The highest BCUT2D eigenvalue weighted by Gasteiger charge is 2.64. The van der Waals surface area contributed by atoms with Crippen LogP contribution in [0.5, 0.6) is 5.75 Å². The van der Waals surface area contributed by atoms with E-state index in [-0.39, 0.29) is 6.10 Å². The normalized spacial score (nSPS) is 31.6. The van der Waals surface area contributed by atoms with Crippen LogP contribution in [0.4, 0.5) is 0 Å². The topological polar surface area (TPSA) is 56.8 Å². The first-order chi connectivity index (χ1) is 12.6. The second-order valence-corrected chi connectivity index (χ2v) is 8.34. The summed E-state index contributed by atoms with van der Waals surface area (Å²) in [7, 11) is 1.79. The molecule has 0 radical (unpaired) electrons.